The third-order valence-corrected chi connectivity index (χ3v) is 7.09. The number of hydrogen-bond acceptors (Lipinski definition) is 4. The van der Waals surface area contributed by atoms with E-state index in [0.717, 1.165) is 0 Å². The number of fused-ring (bicyclic) bond motifs is 8. The van der Waals surface area contributed by atoms with Gasteiger partial charge >= 0.3 is 0 Å². The molecule has 0 fully saturated rings. The van der Waals surface area contributed by atoms with E-state index in [1.54, 1.807) is 66.7 Å². The van der Waals surface area contributed by atoms with Crippen LogP contribution in [0.3, 0.4) is 0 Å². The predicted molar refractivity (Wildman–Crippen MR) is 137 cm³/mol. The molecule has 0 atom stereocenters. The Hall–Kier alpha value is -4.55. The van der Waals surface area contributed by atoms with E-state index in [0.29, 0.717) is 38.2 Å². The first-order chi connectivity index (χ1) is 17.0. The molecule has 0 amide bonds. The van der Waals surface area contributed by atoms with Crippen molar-refractivity contribution in [3.8, 4) is 0 Å². The Morgan fingerprint density at radius 1 is 0.457 bits per heavy atom. The number of nitrogens with one attached hydrogen (secondary N) is 2. The van der Waals surface area contributed by atoms with Gasteiger partial charge in [0, 0.05) is 39.1 Å². The van der Waals surface area contributed by atoms with Gasteiger partial charge in [-0.25, -0.2) is 0 Å². The number of H-pyrrole nitrogens is 2. The third-order valence-electron chi connectivity index (χ3n) is 6.78. The van der Waals surface area contributed by atoms with Crippen LogP contribution < -0.4 is 31.7 Å². The molecule has 35 heavy (non-hydrogen) atoms. The van der Waals surface area contributed by atoms with Crippen LogP contribution >= 0.6 is 11.6 Å². The standard InChI is InChI=1S/C28H11ClN2O4/c29-17-7-3-6-14-20(17)27(34)16-9-11-19-24(22(16)28(14)35)31-18-10-8-15-21(23(18)30-19)26(33)13-5-2-1-4-12(13)25(15)32/h1-11H/p+2. The number of aromatic amines is 2. The quantitative estimate of drug-likeness (QED) is 0.248. The van der Waals surface area contributed by atoms with Crippen LogP contribution in [-0.4, -0.2) is 0 Å². The molecule has 0 aliphatic heterocycles. The Morgan fingerprint density at radius 3 is 1.54 bits per heavy atom. The van der Waals surface area contributed by atoms with Crippen LogP contribution in [0.2, 0.25) is 5.02 Å². The van der Waals surface area contributed by atoms with Gasteiger partial charge in [-0.1, -0.05) is 48.0 Å². The second-order valence-corrected chi connectivity index (χ2v) is 9.00. The lowest BCUT2D eigenvalue weighted by Gasteiger charge is -2.03. The fourth-order valence-electron chi connectivity index (χ4n) is 5.17. The first-order valence-corrected chi connectivity index (χ1v) is 11.3. The van der Waals surface area contributed by atoms with E-state index in [-0.39, 0.29) is 53.7 Å². The van der Waals surface area contributed by atoms with E-state index in [4.69, 9.17) is 11.6 Å². The maximum Gasteiger partial charge on any atom is 0.288 e. The van der Waals surface area contributed by atoms with Gasteiger partial charge in [0.2, 0.25) is 10.9 Å². The van der Waals surface area contributed by atoms with Gasteiger partial charge in [0.15, 0.2) is 10.9 Å². The van der Waals surface area contributed by atoms with Gasteiger partial charge in [0.1, 0.15) is 10.8 Å². The van der Waals surface area contributed by atoms with Gasteiger partial charge in [-0.15, -0.1) is 0 Å². The minimum Gasteiger partial charge on any atom is -0.289 e. The summed E-state index contributed by atoms with van der Waals surface area (Å²) in [5.41, 5.74) is 0.846. The molecule has 7 aromatic rings. The largest absolute Gasteiger partial charge is 0.289 e. The van der Waals surface area contributed by atoms with Gasteiger partial charge in [-0.3, -0.25) is 19.2 Å². The minimum absolute atomic E-state index is 0.202. The first kappa shape index (κ1) is 19.9. The van der Waals surface area contributed by atoms with Crippen LogP contribution in [0.4, 0.5) is 0 Å². The van der Waals surface area contributed by atoms with Crippen molar-refractivity contribution >= 4 is 76.8 Å². The van der Waals surface area contributed by atoms with Crippen molar-refractivity contribution in [1.82, 2.24) is 0 Å². The van der Waals surface area contributed by atoms with E-state index in [2.05, 4.69) is 9.97 Å². The highest BCUT2D eigenvalue weighted by Gasteiger charge is 2.25. The van der Waals surface area contributed by atoms with Crippen molar-refractivity contribution in [1.29, 1.82) is 0 Å². The smallest absolute Gasteiger partial charge is 0.288 e. The summed E-state index contributed by atoms with van der Waals surface area (Å²) in [6.07, 6.45) is 0. The van der Waals surface area contributed by atoms with Crippen molar-refractivity contribution in [3.05, 3.63) is 113 Å². The number of benzene rings is 6. The van der Waals surface area contributed by atoms with E-state index in [1.807, 2.05) is 0 Å². The number of rotatable bonds is 0. The Morgan fingerprint density at radius 2 is 0.914 bits per heavy atom. The molecule has 6 aromatic carbocycles. The zero-order valence-corrected chi connectivity index (χ0v) is 18.6. The average Bonchev–Trinajstić information content (AvgIpc) is 2.88. The topological polar surface area (TPSA) is 96.6 Å². The molecule has 0 radical (unpaired) electrons. The highest BCUT2D eigenvalue weighted by atomic mass is 35.5. The lowest BCUT2D eigenvalue weighted by atomic mass is 9.99. The Bertz CT molecular complexity index is 2320. The molecule has 7 rings (SSSR count). The van der Waals surface area contributed by atoms with Crippen LogP contribution in [0.5, 0.6) is 0 Å². The monoisotopic (exact) mass is 476 g/mol. The van der Waals surface area contributed by atoms with Gasteiger partial charge < -0.3 is 0 Å². The summed E-state index contributed by atoms with van der Waals surface area (Å²) in [7, 11) is 0. The summed E-state index contributed by atoms with van der Waals surface area (Å²) in [6, 6.07) is 18.1. The maximum atomic E-state index is 13.5. The van der Waals surface area contributed by atoms with Gasteiger partial charge in [0.05, 0.1) is 10.4 Å². The molecule has 0 bridgehead atoms. The molecule has 1 aromatic heterocycles. The maximum absolute atomic E-state index is 13.5. The molecule has 0 saturated carbocycles. The third kappa shape index (κ3) is 2.49. The summed E-state index contributed by atoms with van der Waals surface area (Å²) in [5, 5.41) is 2.51. The lowest BCUT2D eigenvalue weighted by Crippen LogP contribution is -2.24. The van der Waals surface area contributed by atoms with Crippen LogP contribution in [0.1, 0.15) is 0 Å². The first-order valence-electron chi connectivity index (χ1n) is 10.9. The second kappa shape index (κ2) is 6.74. The summed E-state index contributed by atoms with van der Waals surface area (Å²) in [6.45, 7) is 0. The summed E-state index contributed by atoms with van der Waals surface area (Å²) >= 11 is 6.25. The van der Waals surface area contributed by atoms with E-state index in [9.17, 15) is 19.2 Å². The normalized spacial score (nSPS) is 12.0. The van der Waals surface area contributed by atoms with Gasteiger partial charge in [0.25, 0.3) is 22.1 Å². The molecule has 0 aliphatic carbocycles. The summed E-state index contributed by atoms with van der Waals surface area (Å²) in [5.74, 6) is 0. The van der Waals surface area contributed by atoms with Crippen LogP contribution in [0, 0.1) is 0 Å². The minimum atomic E-state index is -0.321. The zero-order valence-electron chi connectivity index (χ0n) is 17.9. The summed E-state index contributed by atoms with van der Waals surface area (Å²) in [4.78, 5) is 59.7. The highest BCUT2D eigenvalue weighted by molar-refractivity contribution is 6.36. The van der Waals surface area contributed by atoms with Crippen LogP contribution in [0.15, 0.2) is 85.9 Å². The molecule has 0 aliphatic rings. The molecule has 7 heteroatoms. The second-order valence-electron chi connectivity index (χ2n) is 8.60. The molecule has 6 nitrogen and oxygen atoms in total. The molecular weight excluding hydrogens is 464 g/mol. The zero-order chi connectivity index (χ0) is 24.0. The highest BCUT2D eigenvalue weighted by Crippen LogP contribution is 2.24. The fourth-order valence-corrected chi connectivity index (χ4v) is 5.43. The number of hydrogen-bond donors (Lipinski definition) is 0. The molecule has 2 N–H and O–H groups in total. The van der Waals surface area contributed by atoms with Crippen LogP contribution in [-0.2, 0) is 0 Å². The Labute approximate surface area is 199 Å². The van der Waals surface area contributed by atoms with E-state index < -0.39 is 0 Å². The number of halogens is 1. The molecule has 1 heterocycles. The Balaban J connectivity index is 1.72. The van der Waals surface area contributed by atoms with E-state index in [1.165, 1.54) is 0 Å². The van der Waals surface area contributed by atoms with Crippen molar-refractivity contribution in [2.75, 3.05) is 0 Å². The molecule has 0 saturated heterocycles. The fraction of sp³-hybridized carbons (Fsp3) is 0. The van der Waals surface area contributed by atoms with Gasteiger partial charge in [-0.05, 0) is 18.2 Å². The van der Waals surface area contributed by atoms with Gasteiger partial charge in [-0.2, -0.15) is 9.97 Å². The van der Waals surface area contributed by atoms with Crippen molar-refractivity contribution < 1.29 is 9.97 Å². The lowest BCUT2D eigenvalue weighted by molar-refractivity contribution is -0.359. The molecule has 0 spiro atoms. The molecular formula is C28H13ClN2O4+2. The van der Waals surface area contributed by atoms with E-state index >= 15 is 0 Å². The van der Waals surface area contributed by atoms with Crippen molar-refractivity contribution in [2.24, 2.45) is 0 Å². The van der Waals surface area contributed by atoms with Crippen molar-refractivity contribution in [2.45, 2.75) is 0 Å². The average molecular weight is 477 g/mol. The molecule has 0 unspecified atom stereocenters. The predicted octanol–water partition coefficient (Wildman–Crippen LogP) is 3.20. The van der Waals surface area contributed by atoms with Crippen LogP contribution in [0.25, 0.3) is 65.2 Å². The number of aromatic nitrogens is 2. The van der Waals surface area contributed by atoms with Crippen molar-refractivity contribution in [3.63, 3.8) is 0 Å². The SMILES string of the molecule is O=c1c2ccccc2c(=O)c2c1ccc1[nH+]c3c(ccc4c(=O)c5c(Cl)cccc5c(=O)c43)[nH+]c12. The summed E-state index contributed by atoms with van der Waals surface area (Å²) < 4.78 is 0. The Kier molecular flexibility index (Phi) is 3.83. The molecule has 164 valence electrons.